The zero-order chi connectivity index (χ0) is 18.3. The highest BCUT2D eigenvalue weighted by Crippen LogP contribution is 2.68. The molecule has 0 aromatic rings. The molecule has 2 saturated carbocycles. The Labute approximate surface area is 152 Å². The summed E-state index contributed by atoms with van der Waals surface area (Å²) in [5, 5.41) is 9.60. The quantitative estimate of drug-likeness (QED) is 0.570. The van der Waals surface area contributed by atoms with E-state index in [1.165, 1.54) is 6.08 Å². The predicted octanol–water partition coefficient (Wildman–Crippen LogP) is 2.22. The molecule has 2 aliphatic carbocycles. The molecule has 6 nitrogen and oxygen atoms in total. The number of esters is 2. The number of rotatable bonds is 1. The standard InChI is InChI=1S/C20H24O6/c1-10-4-5-14-19(2)6-3-7-20(14)12(10)9-13(24-18(20)26-17(19)23)11-8-15(21)25-16(11)22/h8,12-15,18,21H,1,3-7,9H2,2H3/t12-,13-,14-,15+,18+,19-,20-/m0/s1. The van der Waals surface area contributed by atoms with Crippen molar-refractivity contribution in [3.63, 3.8) is 0 Å². The molecule has 7 atom stereocenters. The van der Waals surface area contributed by atoms with Gasteiger partial charge in [-0.05, 0) is 56.9 Å². The van der Waals surface area contributed by atoms with Crippen molar-refractivity contribution in [3.8, 4) is 0 Å². The second kappa shape index (κ2) is 5.20. The van der Waals surface area contributed by atoms with Crippen molar-refractivity contribution in [2.45, 2.75) is 64.1 Å². The van der Waals surface area contributed by atoms with Crippen LogP contribution in [0.1, 0.15) is 45.4 Å². The molecule has 6 heteroatoms. The maximum absolute atomic E-state index is 12.8. The van der Waals surface area contributed by atoms with Crippen molar-refractivity contribution in [2.75, 3.05) is 0 Å². The Hall–Kier alpha value is -1.66. The van der Waals surface area contributed by atoms with Gasteiger partial charge in [0.05, 0.1) is 17.1 Å². The van der Waals surface area contributed by atoms with Crippen molar-refractivity contribution in [3.05, 3.63) is 23.8 Å². The van der Waals surface area contributed by atoms with Crippen LogP contribution in [0.5, 0.6) is 0 Å². The van der Waals surface area contributed by atoms with E-state index in [-0.39, 0.29) is 23.2 Å². The topological polar surface area (TPSA) is 82.1 Å². The van der Waals surface area contributed by atoms with Crippen LogP contribution in [0.15, 0.2) is 23.8 Å². The van der Waals surface area contributed by atoms with E-state index in [0.717, 1.165) is 37.7 Å². The summed E-state index contributed by atoms with van der Waals surface area (Å²) in [6.07, 6.45) is 4.18. The van der Waals surface area contributed by atoms with Crippen LogP contribution < -0.4 is 0 Å². The minimum Gasteiger partial charge on any atom is -0.435 e. The molecule has 1 spiro atoms. The minimum absolute atomic E-state index is 0.143. The average molecular weight is 360 g/mol. The van der Waals surface area contributed by atoms with Gasteiger partial charge in [-0.25, -0.2) is 4.79 Å². The highest BCUT2D eigenvalue weighted by molar-refractivity contribution is 5.91. The molecule has 2 bridgehead atoms. The van der Waals surface area contributed by atoms with Gasteiger partial charge in [0.2, 0.25) is 12.6 Å². The lowest BCUT2D eigenvalue weighted by atomic mass is 9.43. The fraction of sp³-hybridized carbons (Fsp3) is 0.700. The number of aliphatic hydroxyl groups is 1. The molecule has 4 fully saturated rings. The molecule has 0 aromatic carbocycles. The first-order valence-electron chi connectivity index (χ1n) is 9.51. The molecule has 0 amide bonds. The predicted molar refractivity (Wildman–Crippen MR) is 89.3 cm³/mol. The van der Waals surface area contributed by atoms with Crippen LogP contribution in [0.4, 0.5) is 0 Å². The molecule has 5 aliphatic rings. The van der Waals surface area contributed by atoms with Gasteiger partial charge in [-0.1, -0.05) is 18.6 Å². The van der Waals surface area contributed by atoms with Crippen molar-refractivity contribution in [1.29, 1.82) is 0 Å². The Balaban J connectivity index is 1.57. The first-order valence-corrected chi connectivity index (χ1v) is 9.51. The van der Waals surface area contributed by atoms with E-state index < -0.39 is 30.1 Å². The van der Waals surface area contributed by atoms with E-state index in [4.69, 9.17) is 14.2 Å². The lowest BCUT2D eigenvalue weighted by molar-refractivity contribution is -0.323. The van der Waals surface area contributed by atoms with E-state index in [9.17, 15) is 14.7 Å². The van der Waals surface area contributed by atoms with Gasteiger partial charge in [-0.3, -0.25) is 4.79 Å². The van der Waals surface area contributed by atoms with Gasteiger partial charge in [0.15, 0.2) is 0 Å². The van der Waals surface area contributed by atoms with Gasteiger partial charge in [-0.15, -0.1) is 0 Å². The number of hydrogen-bond acceptors (Lipinski definition) is 6. The summed E-state index contributed by atoms with van der Waals surface area (Å²) in [6.45, 7) is 6.37. The maximum Gasteiger partial charge on any atom is 0.339 e. The summed E-state index contributed by atoms with van der Waals surface area (Å²) in [5.41, 5.74) is 0.789. The molecule has 5 rings (SSSR count). The first kappa shape index (κ1) is 16.5. The summed E-state index contributed by atoms with van der Waals surface area (Å²) >= 11 is 0. The average Bonchev–Trinajstić information content (AvgIpc) is 2.92. The molecule has 0 unspecified atom stereocenters. The summed E-state index contributed by atoms with van der Waals surface area (Å²) in [5.74, 6) is -0.379. The van der Waals surface area contributed by atoms with Crippen molar-refractivity contribution in [2.24, 2.45) is 22.7 Å². The number of carbonyl (C=O) groups excluding carboxylic acids is 2. The van der Waals surface area contributed by atoms with Crippen LogP contribution in [0, 0.1) is 22.7 Å². The Morgan fingerprint density at radius 2 is 2.08 bits per heavy atom. The third-order valence-electron chi connectivity index (χ3n) is 7.61. The SMILES string of the molecule is C=C1CC[C@@H]2[C@@]34CCC[C@]2(C)C(=O)O[C@H]3O[C@H](C2=C[C@H](O)OC2=O)C[C@@H]14. The lowest BCUT2D eigenvalue weighted by Gasteiger charge is -2.66. The van der Waals surface area contributed by atoms with E-state index in [2.05, 4.69) is 6.58 Å². The Kier molecular flexibility index (Phi) is 3.30. The molecule has 2 saturated heterocycles. The van der Waals surface area contributed by atoms with Gasteiger partial charge in [-0.2, -0.15) is 0 Å². The summed E-state index contributed by atoms with van der Waals surface area (Å²) in [6, 6.07) is 0. The molecule has 26 heavy (non-hydrogen) atoms. The van der Waals surface area contributed by atoms with Crippen LogP contribution in [0.3, 0.4) is 0 Å². The monoisotopic (exact) mass is 360 g/mol. The lowest BCUT2D eigenvalue weighted by Crippen LogP contribution is -2.68. The van der Waals surface area contributed by atoms with E-state index in [1.54, 1.807) is 0 Å². The smallest absolute Gasteiger partial charge is 0.339 e. The van der Waals surface area contributed by atoms with E-state index in [0.29, 0.717) is 12.0 Å². The van der Waals surface area contributed by atoms with Crippen molar-refractivity contribution >= 4 is 11.9 Å². The van der Waals surface area contributed by atoms with Crippen LogP contribution in [0.2, 0.25) is 0 Å². The van der Waals surface area contributed by atoms with Crippen LogP contribution >= 0.6 is 0 Å². The highest BCUT2D eigenvalue weighted by atomic mass is 16.7. The van der Waals surface area contributed by atoms with Gasteiger partial charge < -0.3 is 19.3 Å². The molecule has 0 radical (unpaired) electrons. The van der Waals surface area contributed by atoms with Gasteiger partial charge in [0, 0.05) is 5.41 Å². The summed E-state index contributed by atoms with van der Waals surface area (Å²) in [7, 11) is 0. The molecular formula is C20H24O6. The van der Waals surface area contributed by atoms with Crippen LogP contribution in [0.25, 0.3) is 0 Å². The number of allylic oxidation sites excluding steroid dienone is 1. The molecule has 3 aliphatic heterocycles. The molecular weight excluding hydrogens is 336 g/mol. The molecule has 3 heterocycles. The van der Waals surface area contributed by atoms with Crippen molar-refractivity contribution < 1.29 is 28.9 Å². The third-order valence-corrected chi connectivity index (χ3v) is 7.61. The van der Waals surface area contributed by atoms with E-state index in [1.807, 2.05) is 6.92 Å². The normalized spacial score (nSPS) is 49.8. The van der Waals surface area contributed by atoms with E-state index >= 15 is 0 Å². The number of cyclic esters (lactones) is 1. The Morgan fingerprint density at radius 3 is 2.81 bits per heavy atom. The second-order valence-corrected chi connectivity index (χ2v) is 8.70. The minimum atomic E-state index is -1.23. The number of hydrogen-bond donors (Lipinski definition) is 1. The molecule has 1 N–H and O–H groups in total. The van der Waals surface area contributed by atoms with Crippen LogP contribution in [-0.4, -0.2) is 35.7 Å². The number of aliphatic hydroxyl groups excluding tert-OH is 1. The second-order valence-electron chi connectivity index (χ2n) is 8.70. The first-order chi connectivity index (χ1) is 12.4. The Bertz CT molecular complexity index is 741. The van der Waals surface area contributed by atoms with Gasteiger partial charge in [0.1, 0.15) is 0 Å². The van der Waals surface area contributed by atoms with Crippen molar-refractivity contribution in [1.82, 2.24) is 0 Å². The zero-order valence-electron chi connectivity index (χ0n) is 14.9. The summed E-state index contributed by atoms with van der Waals surface area (Å²) < 4.78 is 16.9. The number of ether oxygens (including phenoxy) is 3. The molecule has 0 aromatic heterocycles. The van der Waals surface area contributed by atoms with Crippen LogP contribution in [-0.2, 0) is 23.8 Å². The summed E-state index contributed by atoms with van der Waals surface area (Å²) in [4.78, 5) is 24.9. The zero-order valence-corrected chi connectivity index (χ0v) is 14.9. The van der Waals surface area contributed by atoms with Gasteiger partial charge in [0.25, 0.3) is 0 Å². The fourth-order valence-electron chi connectivity index (χ4n) is 6.46. The molecule has 140 valence electrons. The third kappa shape index (κ3) is 1.89. The van der Waals surface area contributed by atoms with Gasteiger partial charge >= 0.3 is 11.9 Å². The highest BCUT2D eigenvalue weighted by Gasteiger charge is 2.70. The fourth-order valence-corrected chi connectivity index (χ4v) is 6.46. The largest absolute Gasteiger partial charge is 0.435 e. The maximum atomic E-state index is 12.8. The Morgan fingerprint density at radius 1 is 1.27 bits per heavy atom. The number of carbonyl (C=O) groups is 2.